The van der Waals surface area contributed by atoms with E-state index in [-0.39, 0.29) is 22.6 Å². The van der Waals surface area contributed by atoms with Crippen molar-refractivity contribution in [3.63, 3.8) is 0 Å². The third-order valence-electron chi connectivity index (χ3n) is 4.18. The molecule has 7 heteroatoms. The molecule has 0 saturated carbocycles. The molecule has 2 aromatic carbocycles. The molecule has 27 heavy (non-hydrogen) atoms. The third kappa shape index (κ3) is 3.96. The summed E-state index contributed by atoms with van der Waals surface area (Å²) in [7, 11) is 0. The van der Waals surface area contributed by atoms with Crippen molar-refractivity contribution in [2.75, 3.05) is 0 Å². The van der Waals surface area contributed by atoms with Gasteiger partial charge >= 0.3 is 0 Å². The Morgan fingerprint density at radius 3 is 1.81 bits per heavy atom. The number of phenolic OH excluding ortho intramolecular Hbond substituents is 1. The van der Waals surface area contributed by atoms with Crippen LogP contribution in [0.5, 0.6) is 5.75 Å². The minimum atomic E-state index is -2.25. The van der Waals surface area contributed by atoms with Crippen molar-refractivity contribution in [1.29, 1.82) is 0 Å². The van der Waals surface area contributed by atoms with Gasteiger partial charge in [-0.3, -0.25) is 0 Å². The molecule has 0 bridgehead atoms. The molecule has 0 amide bonds. The minimum Gasteiger partial charge on any atom is -0.507 e. The van der Waals surface area contributed by atoms with Crippen molar-refractivity contribution in [2.45, 2.75) is 46.0 Å². The highest BCUT2D eigenvalue weighted by atomic mass is 19.2. The summed E-state index contributed by atoms with van der Waals surface area (Å²) in [6.07, 6.45) is 0.898. The molecule has 0 fully saturated rings. The first-order chi connectivity index (χ1) is 12.4. The maximum Gasteiger partial charge on any atom is 0.200 e. The molecule has 0 radical (unpaired) electrons. The van der Waals surface area contributed by atoms with Gasteiger partial charge < -0.3 is 5.11 Å². The summed E-state index contributed by atoms with van der Waals surface area (Å²) in [5.74, 6) is -10.7. The normalized spacial score (nSPS) is 12.4. The van der Waals surface area contributed by atoms with E-state index in [1.165, 1.54) is 0 Å². The lowest BCUT2D eigenvalue weighted by atomic mass is 9.83. The van der Waals surface area contributed by atoms with Crippen LogP contribution in [0, 0.1) is 29.1 Å². The molecule has 0 heterocycles. The number of hydrogen-bond acceptors (Lipinski definition) is 2. The molecular formula is C20H20F5NO. The van der Waals surface area contributed by atoms with E-state index >= 15 is 0 Å². The zero-order valence-electron chi connectivity index (χ0n) is 15.6. The molecule has 2 aromatic rings. The molecule has 0 unspecified atom stereocenters. The summed E-state index contributed by atoms with van der Waals surface area (Å²) in [5.41, 5.74) is -0.0814. The molecule has 146 valence electrons. The predicted octanol–water partition coefficient (Wildman–Crippen LogP) is 6.26. The summed E-state index contributed by atoms with van der Waals surface area (Å²) >= 11 is 0. The van der Waals surface area contributed by atoms with E-state index in [9.17, 15) is 27.1 Å². The summed E-state index contributed by atoms with van der Waals surface area (Å²) in [4.78, 5) is 3.44. The first-order valence-electron chi connectivity index (χ1n) is 8.29. The van der Waals surface area contributed by atoms with Crippen molar-refractivity contribution >= 4 is 11.9 Å². The van der Waals surface area contributed by atoms with Crippen molar-refractivity contribution < 1.29 is 27.1 Å². The zero-order chi connectivity index (χ0) is 20.7. The van der Waals surface area contributed by atoms with Crippen LogP contribution in [0.25, 0.3) is 0 Å². The largest absolute Gasteiger partial charge is 0.507 e. The number of phenols is 1. The van der Waals surface area contributed by atoms with Crippen molar-refractivity contribution in [3.05, 3.63) is 57.9 Å². The Morgan fingerprint density at radius 2 is 1.37 bits per heavy atom. The van der Waals surface area contributed by atoms with Gasteiger partial charge in [0.1, 0.15) is 11.4 Å². The number of aliphatic imine (C=N–C) groups is 1. The Hall–Kier alpha value is -2.44. The van der Waals surface area contributed by atoms with Gasteiger partial charge in [0.2, 0.25) is 5.82 Å². The zero-order valence-corrected chi connectivity index (χ0v) is 15.6. The van der Waals surface area contributed by atoms with Gasteiger partial charge in [-0.05, 0) is 28.5 Å². The summed E-state index contributed by atoms with van der Waals surface area (Å²) in [6, 6.07) is 3.38. The molecule has 0 atom stereocenters. The van der Waals surface area contributed by atoms with Gasteiger partial charge in [0.15, 0.2) is 23.3 Å². The molecule has 1 N–H and O–H groups in total. The molecule has 2 nitrogen and oxygen atoms in total. The van der Waals surface area contributed by atoms with Crippen molar-refractivity contribution in [2.24, 2.45) is 4.99 Å². The SMILES string of the molecule is CC(C)c1cc(C(C)(C)C)cc(C=Nc2c(F)c(F)c(F)c(F)c2F)c1O. The molecule has 0 aliphatic heterocycles. The fourth-order valence-electron chi connectivity index (χ4n) is 2.49. The molecular weight excluding hydrogens is 365 g/mol. The Bertz CT molecular complexity index is 885. The lowest BCUT2D eigenvalue weighted by Gasteiger charge is -2.22. The Labute approximate surface area is 154 Å². The van der Waals surface area contributed by atoms with Crippen LogP contribution >= 0.6 is 0 Å². The van der Waals surface area contributed by atoms with E-state index in [0.717, 1.165) is 11.8 Å². The van der Waals surface area contributed by atoms with Gasteiger partial charge in [-0.2, -0.15) is 0 Å². The average molecular weight is 385 g/mol. The van der Waals surface area contributed by atoms with Crippen LogP contribution in [-0.2, 0) is 5.41 Å². The number of halogens is 5. The maximum atomic E-state index is 13.8. The number of hydrogen-bond donors (Lipinski definition) is 1. The Balaban J connectivity index is 2.66. The standard InChI is InChI=1S/C20H20F5NO/c1-9(2)12-7-11(20(3,4)5)6-10(19(12)27)8-26-18-16(24)14(22)13(21)15(23)17(18)25/h6-9,27H,1-5H3. The van der Waals surface area contributed by atoms with Crippen LogP contribution in [0.4, 0.5) is 27.6 Å². The second-order valence-electron chi connectivity index (χ2n) is 7.58. The number of nitrogens with zero attached hydrogens (tertiary/aromatic N) is 1. The summed E-state index contributed by atoms with van der Waals surface area (Å²) < 4.78 is 67.3. The van der Waals surface area contributed by atoms with Crippen molar-refractivity contribution in [3.8, 4) is 5.75 Å². The lowest BCUT2D eigenvalue weighted by Crippen LogP contribution is -2.12. The maximum absolute atomic E-state index is 13.8. The molecule has 0 spiro atoms. The van der Waals surface area contributed by atoms with Crippen LogP contribution in [0.3, 0.4) is 0 Å². The monoisotopic (exact) mass is 385 g/mol. The minimum absolute atomic E-state index is 0.0615. The van der Waals surface area contributed by atoms with E-state index in [0.29, 0.717) is 5.56 Å². The highest BCUT2D eigenvalue weighted by Gasteiger charge is 2.25. The van der Waals surface area contributed by atoms with Gasteiger partial charge in [-0.15, -0.1) is 0 Å². The topological polar surface area (TPSA) is 32.6 Å². The highest BCUT2D eigenvalue weighted by molar-refractivity contribution is 5.86. The first kappa shape index (κ1) is 20.9. The van der Waals surface area contributed by atoms with Gasteiger partial charge in [-0.1, -0.05) is 40.7 Å². The van der Waals surface area contributed by atoms with Gasteiger partial charge in [0.05, 0.1) is 0 Å². The Morgan fingerprint density at radius 1 is 0.889 bits per heavy atom. The van der Waals surface area contributed by atoms with E-state index < -0.39 is 34.8 Å². The predicted molar refractivity (Wildman–Crippen MR) is 94.4 cm³/mol. The fourth-order valence-corrected chi connectivity index (χ4v) is 2.49. The van der Waals surface area contributed by atoms with E-state index in [1.807, 2.05) is 40.7 Å². The summed E-state index contributed by atoms with van der Waals surface area (Å²) in [5, 5.41) is 10.4. The van der Waals surface area contributed by atoms with Gasteiger partial charge in [-0.25, -0.2) is 26.9 Å². The first-order valence-corrected chi connectivity index (χ1v) is 8.29. The van der Waals surface area contributed by atoms with Crippen LogP contribution in [0.2, 0.25) is 0 Å². The second kappa shape index (κ2) is 7.29. The lowest BCUT2D eigenvalue weighted by molar-refractivity contribution is 0.381. The molecule has 0 saturated heterocycles. The number of aromatic hydroxyl groups is 1. The molecule has 0 aliphatic rings. The van der Waals surface area contributed by atoms with Crippen LogP contribution < -0.4 is 0 Å². The van der Waals surface area contributed by atoms with E-state index in [2.05, 4.69) is 4.99 Å². The number of benzene rings is 2. The number of rotatable bonds is 3. The quantitative estimate of drug-likeness (QED) is 0.288. The summed E-state index contributed by atoms with van der Waals surface area (Å²) in [6.45, 7) is 9.52. The van der Waals surface area contributed by atoms with Crippen LogP contribution in [0.1, 0.15) is 57.2 Å². The van der Waals surface area contributed by atoms with E-state index in [4.69, 9.17) is 0 Å². The van der Waals surface area contributed by atoms with E-state index in [1.54, 1.807) is 6.07 Å². The average Bonchev–Trinajstić information content (AvgIpc) is 2.58. The second-order valence-corrected chi connectivity index (χ2v) is 7.58. The fraction of sp³-hybridized carbons (Fsp3) is 0.350. The molecule has 0 aliphatic carbocycles. The van der Waals surface area contributed by atoms with Crippen molar-refractivity contribution in [1.82, 2.24) is 0 Å². The third-order valence-corrected chi connectivity index (χ3v) is 4.18. The van der Waals surface area contributed by atoms with Crippen LogP contribution in [0.15, 0.2) is 17.1 Å². The molecule has 0 aromatic heterocycles. The smallest absolute Gasteiger partial charge is 0.200 e. The van der Waals surface area contributed by atoms with Gasteiger partial charge in [0.25, 0.3) is 0 Å². The Kier molecular flexibility index (Phi) is 5.63. The van der Waals surface area contributed by atoms with Gasteiger partial charge in [0, 0.05) is 11.8 Å². The molecule has 2 rings (SSSR count). The highest BCUT2D eigenvalue weighted by Crippen LogP contribution is 2.35. The van der Waals surface area contributed by atoms with Crippen LogP contribution in [-0.4, -0.2) is 11.3 Å².